The van der Waals surface area contributed by atoms with Crippen LogP contribution in [-0.4, -0.2) is 64.0 Å². The van der Waals surface area contributed by atoms with E-state index in [0.29, 0.717) is 0 Å². The van der Waals surface area contributed by atoms with Gasteiger partial charge in [-0.3, -0.25) is 0 Å². The molecule has 13 heavy (non-hydrogen) atoms. The maximum atomic E-state index is 7.76. The van der Waals surface area contributed by atoms with E-state index in [1.807, 2.05) is 0 Å². The van der Waals surface area contributed by atoms with Crippen molar-refractivity contribution in [3.8, 4) is 0 Å². The van der Waals surface area contributed by atoms with Gasteiger partial charge < -0.3 is 31.0 Å². The molecular formula is C7H20O6. The van der Waals surface area contributed by atoms with Crippen LogP contribution in [0.5, 0.6) is 0 Å². The summed E-state index contributed by atoms with van der Waals surface area (Å²) >= 11 is 0. The van der Waals surface area contributed by atoms with Crippen LogP contribution in [0.4, 0.5) is 0 Å². The molecule has 0 heterocycles. The highest BCUT2D eigenvalue weighted by molar-refractivity contribution is 4.60. The molecule has 0 amide bonds. The summed E-state index contributed by atoms with van der Waals surface area (Å²) in [4.78, 5) is 0. The molecule has 0 spiro atoms. The highest BCUT2D eigenvalue weighted by Crippen LogP contribution is 1.46. The first kappa shape index (κ1) is 22.9. The zero-order valence-electron chi connectivity index (χ0n) is 7.56. The van der Waals surface area contributed by atoms with Gasteiger partial charge in [0.1, 0.15) is 0 Å². The molecule has 0 saturated carbocycles. The van der Waals surface area contributed by atoms with E-state index in [4.69, 9.17) is 25.5 Å². The minimum Gasteiger partial charge on any atom is -0.412 e. The fourth-order valence-electron chi connectivity index (χ4n) is 0. The number of aliphatic hydroxyl groups excluding tert-OH is 5. The SMILES string of the molecule is C=CCO.O.OCCO.OCCO. The molecule has 0 saturated heterocycles. The maximum Gasteiger partial charge on any atom is 0.0662 e. The van der Waals surface area contributed by atoms with Crippen molar-refractivity contribution in [2.45, 2.75) is 0 Å². The molecule has 0 aromatic carbocycles. The summed E-state index contributed by atoms with van der Waals surface area (Å²) < 4.78 is 0. The molecule has 0 aromatic rings. The molecule has 0 rings (SSSR count). The van der Waals surface area contributed by atoms with Crippen LogP contribution in [-0.2, 0) is 0 Å². The fourth-order valence-corrected chi connectivity index (χ4v) is 0. The minimum atomic E-state index is -0.125. The highest BCUT2D eigenvalue weighted by Gasteiger charge is 1.58. The molecule has 0 aliphatic rings. The van der Waals surface area contributed by atoms with Crippen LogP contribution in [0, 0.1) is 0 Å². The quantitative estimate of drug-likeness (QED) is 0.316. The molecule has 84 valence electrons. The molecule has 0 aliphatic carbocycles. The summed E-state index contributed by atoms with van der Waals surface area (Å²) in [5.41, 5.74) is 0. The summed E-state index contributed by atoms with van der Waals surface area (Å²) in [7, 11) is 0. The van der Waals surface area contributed by atoms with Crippen molar-refractivity contribution < 1.29 is 31.0 Å². The van der Waals surface area contributed by atoms with Gasteiger partial charge in [0.2, 0.25) is 0 Å². The number of hydrogen-bond acceptors (Lipinski definition) is 5. The summed E-state index contributed by atoms with van der Waals surface area (Å²) in [5, 5.41) is 38.3. The lowest BCUT2D eigenvalue weighted by Gasteiger charge is -1.70. The molecule has 7 N–H and O–H groups in total. The van der Waals surface area contributed by atoms with E-state index >= 15 is 0 Å². The lowest BCUT2D eigenvalue weighted by atomic mass is 10.7. The Bertz CT molecular complexity index is 50.9. The first-order valence-electron chi connectivity index (χ1n) is 3.40. The molecule has 0 aromatic heterocycles. The maximum absolute atomic E-state index is 7.76. The first-order valence-corrected chi connectivity index (χ1v) is 3.40. The summed E-state index contributed by atoms with van der Waals surface area (Å²) in [5.74, 6) is 0. The standard InChI is InChI=1S/C3H6O.2C2H6O2.H2O/c1-2-3-4;2*3-1-2-4;/h2,4H,1,3H2;2*3-4H,1-2H2;1H2. The average Bonchev–Trinajstić information content (AvgIpc) is 2.18. The molecule has 0 radical (unpaired) electrons. The van der Waals surface area contributed by atoms with E-state index < -0.39 is 0 Å². The molecule has 6 heteroatoms. The van der Waals surface area contributed by atoms with Crippen molar-refractivity contribution in [2.24, 2.45) is 0 Å². The van der Waals surface area contributed by atoms with Crippen LogP contribution in [0.15, 0.2) is 12.7 Å². The Morgan fingerprint density at radius 3 is 0.923 bits per heavy atom. The fraction of sp³-hybridized carbons (Fsp3) is 0.714. The van der Waals surface area contributed by atoms with Gasteiger partial charge in [-0.2, -0.15) is 0 Å². The second-order valence-corrected chi connectivity index (χ2v) is 1.37. The van der Waals surface area contributed by atoms with Crippen molar-refractivity contribution in [3.05, 3.63) is 12.7 Å². The van der Waals surface area contributed by atoms with Gasteiger partial charge in [-0.1, -0.05) is 6.08 Å². The van der Waals surface area contributed by atoms with Crippen molar-refractivity contribution in [1.29, 1.82) is 0 Å². The van der Waals surface area contributed by atoms with Gasteiger partial charge in [0.25, 0.3) is 0 Å². The van der Waals surface area contributed by atoms with Gasteiger partial charge in [-0.15, -0.1) is 6.58 Å². The van der Waals surface area contributed by atoms with E-state index in [9.17, 15) is 0 Å². The van der Waals surface area contributed by atoms with E-state index in [1.165, 1.54) is 6.08 Å². The Labute approximate surface area is 77.7 Å². The lowest BCUT2D eigenvalue weighted by molar-refractivity contribution is 0.186. The van der Waals surface area contributed by atoms with Crippen molar-refractivity contribution >= 4 is 0 Å². The molecule has 0 atom stereocenters. The molecule has 0 aliphatic heterocycles. The van der Waals surface area contributed by atoms with Gasteiger partial charge >= 0.3 is 0 Å². The second kappa shape index (κ2) is 41.9. The van der Waals surface area contributed by atoms with Crippen LogP contribution >= 0.6 is 0 Å². The molecule has 0 fully saturated rings. The molecule has 6 nitrogen and oxygen atoms in total. The van der Waals surface area contributed by atoms with E-state index in [2.05, 4.69) is 6.58 Å². The number of rotatable bonds is 3. The summed E-state index contributed by atoms with van der Waals surface area (Å²) in [6.07, 6.45) is 1.43. The lowest BCUT2D eigenvalue weighted by Crippen LogP contribution is -1.85. The van der Waals surface area contributed by atoms with Gasteiger partial charge in [-0.25, -0.2) is 0 Å². The predicted octanol–water partition coefficient (Wildman–Crippen LogP) is -2.72. The molecule has 0 bridgehead atoms. The Balaban J connectivity index is -0.0000000450. The second-order valence-electron chi connectivity index (χ2n) is 1.37. The smallest absolute Gasteiger partial charge is 0.0662 e. The Morgan fingerprint density at radius 1 is 0.769 bits per heavy atom. The van der Waals surface area contributed by atoms with Gasteiger partial charge in [0, 0.05) is 0 Å². The van der Waals surface area contributed by atoms with Crippen LogP contribution in [0.1, 0.15) is 0 Å². The summed E-state index contributed by atoms with van der Waals surface area (Å²) in [6, 6.07) is 0. The van der Waals surface area contributed by atoms with E-state index in [1.54, 1.807) is 0 Å². The topological polar surface area (TPSA) is 133 Å². The van der Waals surface area contributed by atoms with Crippen molar-refractivity contribution in [3.63, 3.8) is 0 Å². The van der Waals surface area contributed by atoms with Crippen molar-refractivity contribution in [2.75, 3.05) is 33.0 Å². The van der Waals surface area contributed by atoms with Crippen LogP contribution in [0.25, 0.3) is 0 Å². The van der Waals surface area contributed by atoms with E-state index in [0.717, 1.165) is 0 Å². The molecular weight excluding hydrogens is 180 g/mol. The Morgan fingerprint density at radius 2 is 0.923 bits per heavy atom. The number of aliphatic hydroxyl groups is 5. The zero-order valence-corrected chi connectivity index (χ0v) is 7.56. The largest absolute Gasteiger partial charge is 0.412 e. The van der Waals surface area contributed by atoms with Gasteiger partial charge in [-0.05, 0) is 0 Å². The third kappa shape index (κ3) is 166. The third-order valence-electron chi connectivity index (χ3n) is 0.329. The van der Waals surface area contributed by atoms with Gasteiger partial charge in [0.15, 0.2) is 0 Å². The minimum absolute atomic E-state index is 0. The zero-order chi connectivity index (χ0) is 10.2. The monoisotopic (exact) mass is 200 g/mol. The highest BCUT2D eigenvalue weighted by atomic mass is 16.3. The number of hydrogen-bond donors (Lipinski definition) is 5. The predicted molar refractivity (Wildman–Crippen MR) is 49.2 cm³/mol. The first-order chi connectivity index (χ1) is 5.74. The van der Waals surface area contributed by atoms with Crippen molar-refractivity contribution in [1.82, 2.24) is 0 Å². The van der Waals surface area contributed by atoms with Crippen LogP contribution in [0.3, 0.4) is 0 Å². The molecule has 0 unspecified atom stereocenters. The van der Waals surface area contributed by atoms with Gasteiger partial charge in [0.05, 0.1) is 33.0 Å². The third-order valence-corrected chi connectivity index (χ3v) is 0.329. The van der Waals surface area contributed by atoms with Crippen LogP contribution in [0.2, 0.25) is 0 Å². The van der Waals surface area contributed by atoms with E-state index in [-0.39, 0.29) is 38.5 Å². The van der Waals surface area contributed by atoms with Crippen LogP contribution < -0.4 is 0 Å². The average molecular weight is 200 g/mol. The normalized spacial score (nSPS) is 6.54. The Kier molecular flexibility index (Phi) is 73.8. The Hall–Kier alpha value is -0.500. The summed E-state index contributed by atoms with van der Waals surface area (Å²) in [6.45, 7) is 2.81.